The van der Waals surface area contributed by atoms with Crippen LogP contribution in [0.1, 0.15) is 26.7 Å². The number of nitrogens with one attached hydrogen (secondary N) is 1. The van der Waals surface area contributed by atoms with Crippen molar-refractivity contribution in [3.05, 3.63) is 0 Å². The molecule has 0 spiro atoms. The zero-order valence-electron chi connectivity index (χ0n) is 9.30. The summed E-state index contributed by atoms with van der Waals surface area (Å²) < 4.78 is 10.2. The predicted octanol–water partition coefficient (Wildman–Crippen LogP) is 1.63. The van der Waals surface area contributed by atoms with Gasteiger partial charge in [0.25, 0.3) is 0 Å². The van der Waals surface area contributed by atoms with Gasteiger partial charge < -0.3 is 14.8 Å². The second kappa shape index (κ2) is 8.48. The lowest BCUT2D eigenvalue weighted by Crippen LogP contribution is -2.22. The van der Waals surface area contributed by atoms with E-state index >= 15 is 0 Å². The van der Waals surface area contributed by atoms with Crippen molar-refractivity contribution < 1.29 is 9.47 Å². The van der Waals surface area contributed by atoms with Crippen LogP contribution in [0.4, 0.5) is 0 Å². The highest BCUT2D eigenvalue weighted by Gasteiger charge is 2.03. The number of hydrogen-bond acceptors (Lipinski definition) is 3. The molecule has 3 nitrogen and oxygen atoms in total. The summed E-state index contributed by atoms with van der Waals surface area (Å²) in [4.78, 5) is 0. The van der Waals surface area contributed by atoms with Gasteiger partial charge in [0.05, 0.1) is 0 Å². The van der Waals surface area contributed by atoms with Crippen LogP contribution in [0.15, 0.2) is 0 Å². The predicted molar refractivity (Wildman–Crippen MR) is 54.7 cm³/mol. The van der Waals surface area contributed by atoms with Crippen molar-refractivity contribution in [2.45, 2.75) is 33.0 Å². The minimum absolute atomic E-state index is 0.0409. The fourth-order valence-corrected chi connectivity index (χ4v) is 1.12. The van der Waals surface area contributed by atoms with Crippen LogP contribution in [0.3, 0.4) is 0 Å². The molecule has 0 aromatic rings. The van der Waals surface area contributed by atoms with E-state index in [1.54, 1.807) is 14.2 Å². The zero-order valence-corrected chi connectivity index (χ0v) is 9.30. The van der Waals surface area contributed by atoms with Gasteiger partial charge >= 0.3 is 0 Å². The van der Waals surface area contributed by atoms with E-state index in [9.17, 15) is 0 Å². The van der Waals surface area contributed by atoms with Crippen molar-refractivity contribution in [2.75, 3.05) is 27.3 Å². The quantitative estimate of drug-likeness (QED) is 0.465. The first kappa shape index (κ1) is 12.9. The molecular weight excluding hydrogens is 166 g/mol. The molecule has 0 heterocycles. The molecular formula is C10H23NO2. The Morgan fingerprint density at radius 2 is 1.77 bits per heavy atom. The molecule has 0 amide bonds. The minimum atomic E-state index is -0.0409. The molecule has 0 radical (unpaired) electrons. The molecule has 0 aliphatic rings. The molecule has 0 rings (SSSR count). The summed E-state index contributed by atoms with van der Waals surface area (Å²) in [6.07, 6.45) is 2.01. The van der Waals surface area contributed by atoms with E-state index in [0.717, 1.165) is 31.8 Å². The molecule has 1 N–H and O–H groups in total. The van der Waals surface area contributed by atoms with Crippen LogP contribution in [0.25, 0.3) is 0 Å². The molecule has 0 fully saturated rings. The lowest BCUT2D eigenvalue weighted by Gasteiger charge is -2.13. The first-order valence-electron chi connectivity index (χ1n) is 4.97. The van der Waals surface area contributed by atoms with Gasteiger partial charge in [-0.2, -0.15) is 0 Å². The van der Waals surface area contributed by atoms with E-state index in [1.807, 2.05) is 0 Å². The molecule has 80 valence electrons. The fraction of sp³-hybridized carbons (Fsp3) is 1.00. The van der Waals surface area contributed by atoms with E-state index in [0.29, 0.717) is 0 Å². The molecule has 0 saturated carbocycles. The van der Waals surface area contributed by atoms with Crippen LogP contribution in [0.2, 0.25) is 0 Å². The summed E-state index contributed by atoms with van der Waals surface area (Å²) in [5, 5.41) is 3.38. The second-order valence-corrected chi connectivity index (χ2v) is 3.64. The van der Waals surface area contributed by atoms with Crippen molar-refractivity contribution in [3.63, 3.8) is 0 Å². The Bertz CT molecular complexity index is 103. The highest BCUT2D eigenvalue weighted by Crippen LogP contribution is 2.00. The lowest BCUT2D eigenvalue weighted by atomic mass is 10.2. The third kappa shape index (κ3) is 8.22. The first-order chi connectivity index (χ1) is 6.20. The normalized spacial score (nSPS) is 11.5. The first-order valence-corrected chi connectivity index (χ1v) is 4.97. The van der Waals surface area contributed by atoms with Gasteiger partial charge in [-0.05, 0) is 31.8 Å². The maximum atomic E-state index is 5.08. The average molecular weight is 189 g/mol. The maximum absolute atomic E-state index is 5.08. The third-order valence-electron chi connectivity index (χ3n) is 1.87. The summed E-state index contributed by atoms with van der Waals surface area (Å²) in [7, 11) is 3.35. The number of rotatable bonds is 8. The second-order valence-electron chi connectivity index (χ2n) is 3.64. The molecule has 0 saturated heterocycles. The summed E-state index contributed by atoms with van der Waals surface area (Å²) >= 11 is 0. The molecule has 0 aliphatic heterocycles. The summed E-state index contributed by atoms with van der Waals surface area (Å²) in [5.74, 6) is 0.723. The Morgan fingerprint density at radius 1 is 1.15 bits per heavy atom. The van der Waals surface area contributed by atoms with Gasteiger partial charge in [-0.3, -0.25) is 0 Å². The Balaban J connectivity index is 3.14. The van der Waals surface area contributed by atoms with Crippen LogP contribution in [-0.4, -0.2) is 33.6 Å². The molecule has 0 bridgehead atoms. The van der Waals surface area contributed by atoms with Gasteiger partial charge in [-0.25, -0.2) is 0 Å². The number of hydrogen-bond donors (Lipinski definition) is 1. The number of ether oxygens (including phenoxy) is 2. The van der Waals surface area contributed by atoms with E-state index < -0.39 is 0 Å². The Labute approximate surface area is 81.8 Å². The van der Waals surface area contributed by atoms with E-state index in [1.165, 1.54) is 0 Å². The van der Waals surface area contributed by atoms with Gasteiger partial charge in [0.15, 0.2) is 6.29 Å². The minimum Gasteiger partial charge on any atom is -0.356 e. The zero-order chi connectivity index (χ0) is 10.1. The summed E-state index contributed by atoms with van der Waals surface area (Å²) in [5.41, 5.74) is 0. The summed E-state index contributed by atoms with van der Waals surface area (Å²) in [6.45, 7) is 6.55. The van der Waals surface area contributed by atoms with Gasteiger partial charge in [0.1, 0.15) is 0 Å². The largest absolute Gasteiger partial charge is 0.356 e. The van der Waals surface area contributed by atoms with Crippen LogP contribution in [0.5, 0.6) is 0 Å². The molecule has 0 unspecified atom stereocenters. The molecule has 0 aromatic heterocycles. The Kier molecular flexibility index (Phi) is 8.40. The highest BCUT2D eigenvalue weighted by molar-refractivity contribution is 4.52. The monoisotopic (exact) mass is 189 g/mol. The van der Waals surface area contributed by atoms with Gasteiger partial charge in [-0.1, -0.05) is 13.8 Å². The van der Waals surface area contributed by atoms with Crippen molar-refractivity contribution >= 4 is 0 Å². The van der Waals surface area contributed by atoms with Crippen LogP contribution in [0, 0.1) is 5.92 Å². The third-order valence-corrected chi connectivity index (χ3v) is 1.87. The average Bonchev–Trinajstić information content (AvgIpc) is 2.11. The smallest absolute Gasteiger partial charge is 0.156 e. The fourth-order valence-electron chi connectivity index (χ4n) is 1.12. The molecule has 0 aliphatic carbocycles. The van der Waals surface area contributed by atoms with Crippen LogP contribution in [-0.2, 0) is 9.47 Å². The van der Waals surface area contributed by atoms with E-state index in [-0.39, 0.29) is 6.29 Å². The van der Waals surface area contributed by atoms with Gasteiger partial charge in [-0.15, -0.1) is 0 Å². The Morgan fingerprint density at radius 3 is 2.23 bits per heavy atom. The Hall–Kier alpha value is -0.120. The van der Waals surface area contributed by atoms with E-state index in [4.69, 9.17) is 9.47 Å². The van der Waals surface area contributed by atoms with Crippen molar-refractivity contribution in [1.29, 1.82) is 0 Å². The highest BCUT2D eigenvalue weighted by atomic mass is 16.7. The molecule has 3 heteroatoms. The topological polar surface area (TPSA) is 30.5 Å². The van der Waals surface area contributed by atoms with E-state index in [2.05, 4.69) is 19.2 Å². The van der Waals surface area contributed by atoms with Crippen LogP contribution >= 0.6 is 0 Å². The maximum Gasteiger partial charge on any atom is 0.156 e. The molecule has 0 aromatic carbocycles. The van der Waals surface area contributed by atoms with Crippen LogP contribution < -0.4 is 5.32 Å². The molecule has 0 atom stereocenters. The lowest BCUT2D eigenvalue weighted by molar-refractivity contribution is -0.106. The van der Waals surface area contributed by atoms with Crippen molar-refractivity contribution in [2.24, 2.45) is 5.92 Å². The standard InChI is InChI=1S/C10H23NO2/c1-9(2)8-11-7-5-6-10(12-3)13-4/h9-11H,5-8H2,1-4H3. The van der Waals surface area contributed by atoms with Gasteiger partial charge in [0, 0.05) is 14.2 Å². The number of methoxy groups -OCH3 is 2. The molecule has 13 heavy (non-hydrogen) atoms. The SMILES string of the molecule is COC(CCCNCC(C)C)OC. The van der Waals surface area contributed by atoms with Gasteiger partial charge in [0.2, 0.25) is 0 Å². The summed E-state index contributed by atoms with van der Waals surface area (Å²) in [6, 6.07) is 0. The van der Waals surface area contributed by atoms with Crippen molar-refractivity contribution in [3.8, 4) is 0 Å². The van der Waals surface area contributed by atoms with Crippen molar-refractivity contribution in [1.82, 2.24) is 5.32 Å².